The van der Waals surface area contributed by atoms with E-state index in [1.54, 1.807) is 41.5 Å². The predicted octanol–water partition coefficient (Wildman–Crippen LogP) is -0.0904. The van der Waals surface area contributed by atoms with Crippen LogP contribution in [0.5, 0.6) is 0 Å². The summed E-state index contributed by atoms with van der Waals surface area (Å²) in [5.41, 5.74) is -1.50. The number of rotatable bonds is 0. The molecule has 0 aliphatic heterocycles. The molecule has 2 nitrogen and oxygen atoms in total. The zero-order valence-electron chi connectivity index (χ0n) is 8.22. The minimum absolute atomic E-state index is 0. The molecule has 0 saturated heterocycles. The Bertz CT molecular complexity index is 55.1. The van der Waals surface area contributed by atoms with Crippen LogP contribution in [0.15, 0.2) is 0 Å². The molecule has 0 unspecified atom stereocenters. The van der Waals surface area contributed by atoms with Crippen molar-refractivity contribution < 1.29 is 10.2 Å². The fraction of sp³-hybridized carbons (Fsp3) is 1.00. The van der Waals surface area contributed by atoms with Gasteiger partial charge in [0, 0.05) is 0 Å². The van der Waals surface area contributed by atoms with E-state index in [2.05, 4.69) is 0 Å². The van der Waals surface area contributed by atoms with Gasteiger partial charge in [0.1, 0.15) is 0 Å². The Kier molecular flexibility index (Phi) is 10.1. The first-order chi connectivity index (χ1) is 4.00. The molecule has 0 aliphatic rings. The van der Waals surface area contributed by atoms with Crippen molar-refractivity contribution in [3.63, 3.8) is 0 Å². The Morgan fingerprint density at radius 3 is 0.636 bits per heavy atom. The van der Waals surface area contributed by atoms with Crippen molar-refractivity contribution in [1.82, 2.24) is 0 Å². The van der Waals surface area contributed by atoms with Crippen molar-refractivity contribution >= 4 is 23.7 Å². The van der Waals surface area contributed by atoms with Crippen molar-refractivity contribution in [2.24, 2.45) is 0 Å². The summed E-state index contributed by atoms with van der Waals surface area (Å²) in [5, 5.41) is 20.2. The van der Waals surface area contributed by atoms with Crippen LogP contribution >= 0.6 is 0 Å². The van der Waals surface area contributed by atoms with Crippen LogP contribution in [0.25, 0.3) is 0 Å². The Labute approximate surface area is 86.7 Å². The molecule has 0 heterocycles. The zero-order chi connectivity index (χ0) is 9.00. The molecule has 0 aromatic carbocycles. The zero-order valence-corrected chi connectivity index (χ0v) is 10.6. The summed E-state index contributed by atoms with van der Waals surface area (Å²) >= 11 is 0. The summed E-state index contributed by atoms with van der Waals surface area (Å²) in [6.45, 7) is 9.79. The second-order valence-corrected chi connectivity index (χ2v) is 4.22. The maximum absolute atomic E-state index is 10.1. The van der Waals surface area contributed by atoms with Crippen molar-refractivity contribution in [3.8, 4) is 0 Å². The summed E-state index contributed by atoms with van der Waals surface area (Å²) in [7, 11) is 0. The molecule has 3 heteroatoms. The van der Waals surface area contributed by atoms with Crippen LogP contribution < -0.4 is 10.2 Å². The van der Waals surface area contributed by atoms with Gasteiger partial charge in [-0.25, -0.2) is 0 Å². The van der Waals surface area contributed by atoms with Gasteiger partial charge in [0.2, 0.25) is 0 Å². The van der Waals surface area contributed by atoms with E-state index in [0.29, 0.717) is 0 Å². The smallest absolute Gasteiger partial charge is 0.850 e. The van der Waals surface area contributed by atoms with E-state index in [1.807, 2.05) is 0 Å². The van der Waals surface area contributed by atoms with Crippen molar-refractivity contribution in [2.45, 2.75) is 52.7 Å². The summed E-state index contributed by atoms with van der Waals surface area (Å²) in [5.74, 6) is 0. The standard InChI is InChI=1S/2C4H9O.Te/c2*1-4(2,3)5;/h2*1-3H3;/q2*-1;+2. The van der Waals surface area contributed by atoms with Crippen LogP contribution in [0.4, 0.5) is 0 Å². The molecule has 68 valence electrons. The molecule has 0 rings (SSSR count). The van der Waals surface area contributed by atoms with E-state index in [1.165, 1.54) is 0 Å². The van der Waals surface area contributed by atoms with Gasteiger partial charge < -0.3 is 10.2 Å². The molecule has 4 radical (unpaired) electrons. The predicted molar refractivity (Wildman–Crippen MR) is 45.3 cm³/mol. The number of hydrogen-bond acceptors (Lipinski definition) is 2. The van der Waals surface area contributed by atoms with Crippen LogP contribution in [0, 0.1) is 0 Å². The average molecular weight is 274 g/mol. The topological polar surface area (TPSA) is 46.1 Å². The van der Waals surface area contributed by atoms with E-state index in [-0.39, 0.29) is 23.7 Å². The normalized spacial score (nSPS) is 10.9. The van der Waals surface area contributed by atoms with Gasteiger partial charge in [0.05, 0.1) is 0 Å². The monoisotopic (exact) mass is 276 g/mol. The minimum Gasteiger partial charge on any atom is -0.850 e. The second-order valence-electron chi connectivity index (χ2n) is 4.22. The SMILES string of the molecule is CC(C)(C)[O-].CC(C)(C)[O-].[Te+2]. The Morgan fingerprint density at radius 1 is 0.636 bits per heavy atom. The quantitative estimate of drug-likeness (QED) is 0.579. The van der Waals surface area contributed by atoms with E-state index in [4.69, 9.17) is 0 Å². The van der Waals surface area contributed by atoms with Gasteiger partial charge in [-0.2, -0.15) is 0 Å². The third-order valence-electron chi connectivity index (χ3n) is 0. The number of hydrogen-bond donors (Lipinski definition) is 0. The Hall–Kier alpha value is 0.710. The van der Waals surface area contributed by atoms with E-state index in [9.17, 15) is 10.2 Å². The van der Waals surface area contributed by atoms with E-state index >= 15 is 0 Å². The van der Waals surface area contributed by atoms with Gasteiger partial charge in [-0.1, -0.05) is 41.5 Å². The van der Waals surface area contributed by atoms with Gasteiger partial charge in [-0.3, -0.25) is 0 Å². The van der Waals surface area contributed by atoms with Crippen LogP contribution in [0.1, 0.15) is 41.5 Å². The van der Waals surface area contributed by atoms with Crippen molar-refractivity contribution in [1.29, 1.82) is 0 Å². The van der Waals surface area contributed by atoms with Crippen molar-refractivity contribution in [3.05, 3.63) is 0 Å². The van der Waals surface area contributed by atoms with Crippen LogP contribution in [0.3, 0.4) is 0 Å². The maximum atomic E-state index is 10.1. The third kappa shape index (κ3) is 1610. The van der Waals surface area contributed by atoms with E-state index in [0.717, 1.165) is 0 Å². The molecule has 0 amide bonds. The minimum atomic E-state index is -0.750. The molecule has 0 aliphatic carbocycles. The van der Waals surface area contributed by atoms with Gasteiger partial charge >= 0.3 is 23.7 Å². The Morgan fingerprint density at radius 2 is 0.636 bits per heavy atom. The molecule has 0 fully saturated rings. The average Bonchev–Trinajstić information content (AvgIpc) is 1.12. The maximum Gasteiger partial charge on any atom is 2.00 e. The molecule has 0 atom stereocenters. The van der Waals surface area contributed by atoms with Gasteiger partial charge in [-0.05, 0) is 0 Å². The molecule has 0 aromatic rings. The first kappa shape index (κ1) is 17.7. The third-order valence-corrected chi connectivity index (χ3v) is 0. The summed E-state index contributed by atoms with van der Waals surface area (Å²) in [4.78, 5) is 0. The first-order valence-corrected chi connectivity index (χ1v) is 3.41. The molecule has 0 saturated carbocycles. The van der Waals surface area contributed by atoms with Gasteiger partial charge in [0.15, 0.2) is 0 Å². The van der Waals surface area contributed by atoms with Gasteiger partial charge in [-0.15, -0.1) is 11.2 Å². The van der Waals surface area contributed by atoms with Gasteiger partial charge in [0.25, 0.3) is 0 Å². The fourth-order valence-corrected chi connectivity index (χ4v) is 0. The summed E-state index contributed by atoms with van der Waals surface area (Å²) < 4.78 is 0. The molecule has 0 aromatic heterocycles. The van der Waals surface area contributed by atoms with Crippen molar-refractivity contribution in [2.75, 3.05) is 0 Å². The fourth-order valence-electron chi connectivity index (χ4n) is 0. The first-order valence-electron chi connectivity index (χ1n) is 3.41. The molecule has 0 bridgehead atoms. The Balaban J connectivity index is -0.000000107. The molecule has 0 spiro atoms. The molecular formula is C8H18O2Te. The van der Waals surface area contributed by atoms with Crippen LogP contribution in [0.2, 0.25) is 0 Å². The summed E-state index contributed by atoms with van der Waals surface area (Å²) in [6.07, 6.45) is 0. The largest absolute Gasteiger partial charge is 2.00 e. The van der Waals surface area contributed by atoms with E-state index < -0.39 is 11.2 Å². The molecular weight excluding hydrogens is 256 g/mol. The van der Waals surface area contributed by atoms with Crippen LogP contribution in [-0.2, 0) is 0 Å². The molecule has 0 N–H and O–H groups in total. The second kappa shape index (κ2) is 6.25. The van der Waals surface area contributed by atoms with Crippen LogP contribution in [-0.4, -0.2) is 34.9 Å². The molecule has 11 heavy (non-hydrogen) atoms. The summed E-state index contributed by atoms with van der Waals surface area (Å²) in [6, 6.07) is 0.